The lowest BCUT2D eigenvalue weighted by Crippen LogP contribution is -2.23. The molecule has 0 radical (unpaired) electrons. The summed E-state index contributed by atoms with van der Waals surface area (Å²) in [6.45, 7) is 2.78. The summed E-state index contributed by atoms with van der Waals surface area (Å²) in [7, 11) is 0. The molecule has 3 heterocycles. The van der Waals surface area contributed by atoms with Crippen LogP contribution in [0.1, 0.15) is 28.9 Å². The molecule has 3 aromatic rings. The van der Waals surface area contributed by atoms with Crippen molar-refractivity contribution in [2.45, 2.75) is 19.4 Å². The Morgan fingerprint density at radius 2 is 2.00 bits per heavy atom. The Hall–Kier alpha value is -2.60. The van der Waals surface area contributed by atoms with Crippen LogP contribution in [0.2, 0.25) is 0 Å². The Morgan fingerprint density at radius 1 is 1.20 bits per heavy atom. The van der Waals surface area contributed by atoms with Crippen LogP contribution >= 0.6 is 11.3 Å². The largest absolute Gasteiger partial charge is 0.372 e. The van der Waals surface area contributed by atoms with Gasteiger partial charge >= 0.3 is 0 Å². The van der Waals surface area contributed by atoms with Crippen LogP contribution in [-0.2, 0) is 6.54 Å². The SMILES string of the molecule is O=C(NCc1ccc(N2CCCC2)cc1)c1cc(-c2cccs2)[nH]n1. The number of nitrogens with one attached hydrogen (secondary N) is 2. The highest BCUT2D eigenvalue weighted by Crippen LogP contribution is 2.23. The number of H-pyrrole nitrogens is 1. The molecule has 0 bridgehead atoms. The highest BCUT2D eigenvalue weighted by Gasteiger charge is 2.13. The topological polar surface area (TPSA) is 61.0 Å². The minimum Gasteiger partial charge on any atom is -0.372 e. The van der Waals surface area contributed by atoms with Crippen LogP contribution in [0.4, 0.5) is 5.69 Å². The van der Waals surface area contributed by atoms with Crippen LogP contribution < -0.4 is 10.2 Å². The molecule has 1 fully saturated rings. The fourth-order valence-electron chi connectivity index (χ4n) is 3.07. The van der Waals surface area contributed by atoms with Crippen LogP contribution in [-0.4, -0.2) is 29.2 Å². The van der Waals surface area contributed by atoms with Gasteiger partial charge in [0, 0.05) is 25.3 Å². The molecule has 2 aromatic heterocycles. The minimum atomic E-state index is -0.164. The third-order valence-corrected chi connectivity index (χ3v) is 5.36. The van der Waals surface area contributed by atoms with E-state index in [1.54, 1.807) is 17.4 Å². The summed E-state index contributed by atoms with van der Waals surface area (Å²) in [5.74, 6) is -0.164. The van der Waals surface area contributed by atoms with E-state index in [-0.39, 0.29) is 5.91 Å². The average molecular weight is 352 g/mol. The van der Waals surface area contributed by atoms with Gasteiger partial charge in [0.2, 0.25) is 0 Å². The normalized spacial score (nSPS) is 14.0. The van der Waals surface area contributed by atoms with Crippen LogP contribution in [0, 0.1) is 0 Å². The predicted octanol–water partition coefficient (Wildman–Crippen LogP) is 3.67. The van der Waals surface area contributed by atoms with Crippen molar-refractivity contribution in [3.8, 4) is 10.6 Å². The number of anilines is 1. The molecule has 0 atom stereocenters. The number of aromatic amines is 1. The molecule has 128 valence electrons. The van der Waals surface area contributed by atoms with Gasteiger partial charge in [-0.3, -0.25) is 9.89 Å². The minimum absolute atomic E-state index is 0.164. The van der Waals surface area contributed by atoms with E-state index in [2.05, 4.69) is 44.7 Å². The van der Waals surface area contributed by atoms with Gasteiger partial charge in [-0.2, -0.15) is 5.10 Å². The lowest BCUT2D eigenvalue weighted by Gasteiger charge is -2.17. The molecule has 1 aliphatic heterocycles. The number of thiophene rings is 1. The van der Waals surface area contributed by atoms with E-state index >= 15 is 0 Å². The summed E-state index contributed by atoms with van der Waals surface area (Å²) in [5, 5.41) is 12.0. The van der Waals surface area contributed by atoms with Gasteiger partial charge < -0.3 is 10.2 Å². The standard InChI is InChI=1S/C19H20N4OS/c24-19(17-12-16(21-22-17)18-4-3-11-25-18)20-13-14-5-7-15(8-6-14)23-9-1-2-10-23/h3-8,11-12H,1-2,9-10,13H2,(H,20,24)(H,21,22). The summed E-state index contributed by atoms with van der Waals surface area (Å²) in [5.41, 5.74) is 3.64. The summed E-state index contributed by atoms with van der Waals surface area (Å²) >= 11 is 1.62. The Labute approximate surface area is 150 Å². The monoisotopic (exact) mass is 352 g/mol. The van der Waals surface area contributed by atoms with Crippen molar-refractivity contribution in [3.05, 3.63) is 59.1 Å². The molecule has 6 heteroatoms. The Kier molecular flexibility index (Phi) is 4.52. The fraction of sp³-hybridized carbons (Fsp3) is 0.263. The number of rotatable bonds is 5. The molecule has 5 nitrogen and oxygen atoms in total. The molecule has 25 heavy (non-hydrogen) atoms. The van der Waals surface area contributed by atoms with E-state index in [1.807, 2.05) is 17.5 Å². The average Bonchev–Trinajstić information content (AvgIpc) is 3.42. The molecule has 1 aliphatic rings. The van der Waals surface area contributed by atoms with E-state index in [0.29, 0.717) is 12.2 Å². The number of aromatic nitrogens is 2. The van der Waals surface area contributed by atoms with Gasteiger partial charge in [-0.1, -0.05) is 18.2 Å². The van der Waals surface area contributed by atoms with Gasteiger partial charge in [0.25, 0.3) is 5.91 Å². The maximum Gasteiger partial charge on any atom is 0.272 e. The molecule has 0 unspecified atom stereocenters. The van der Waals surface area contributed by atoms with Crippen molar-refractivity contribution in [1.82, 2.24) is 15.5 Å². The number of carbonyl (C=O) groups excluding carboxylic acids is 1. The molecule has 0 spiro atoms. The first-order valence-electron chi connectivity index (χ1n) is 8.51. The van der Waals surface area contributed by atoms with Crippen molar-refractivity contribution in [1.29, 1.82) is 0 Å². The Balaban J connectivity index is 1.35. The van der Waals surface area contributed by atoms with Crippen molar-refractivity contribution < 1.29 is 4.79 Å². The lowest BCUT2D eigenvalue weighted by atomic mass is 10.2. The lowest BCUT2D eigenvalue weighted by molar-refractivity contribution is 0.0946. The van der Waals surface area contributed by atoms with E-state index in [9.17, 15) is 4.79 Å². The van der Waals surface area contributed by atoms with Gasteiger partial charge in [0.15, 0.2) is 5.69 Å². The molecule has 4 rings (SSSR count). The molecular weight excluding hydrogens is 332 g/mol. The predicted molar refractivity (Wildman–Crippen MR) is 101 cm³/mol. The van der Waals surface area contributed by atoms with Crippen molar-refractivity contribution in [2.24, 2.45) is 0 Å². The summed E-state index contributed by atoms with van der Waals surface area (Å²) in [6, 6.07) is 14.2. The fourth-order valence-corrected chi connectivity index (χ4v) is 3.76. The zero-order valence-corrected chi connectivity index (χ0v) is 14.7. The summed E-state index contributed by atoms with van der Waals surface area (Å²) < 4.78 is 0. The maximum absolute atomic E-state index is 12.3. The first-order chi connectivity index (χ1) is 12.3. The third kappa shape index (κ3) is 3.58. The van der Waals surface area contributed by atoms with E-state index in [0.717, 1.165) is 29.2 Å². The van der Waals surface area contributed by atoms with Crippen LogP contribution in [0.3, 0.4) is 0 Å². The molecular formula is C19H20N4OS. The number of amides is 1. The molecule has 1 aromatic carbocycles. The Bertz CT molecular complexity index is 833. The highest BCUT2D eigenvalue weighted by atomic mass is 32.1. The number of hydrogen-bond donors (Lipinski definition) is 2. The second-order valence-corrected chi connectivity index (χ2v) is 7.14. The van der Waals surface area contributed by atoms with Gasteiger partial charge in [-0.15, -0.1) is 11.3 Å². The van der Waals surface area contributed by atoms with Crippen LogP contribution in [0.25, 0.3) is 10.6 Å². The van der Waals surface area contributed by atoms with E-state index < -0.39 is 0 Å². The van der Waals surface area contributed by atoms with Crippen LogP contribution in [0.5, 0.6) is 0 Å². The van der Waals surface area contributed by atoms with Crippen molar-refractivity contribution >= 4 is 22.9 Å². The molecule has 0 saturated carbocycles. The second kappa shape index (κ2) is 7.11. The summed E-state index contributed by atoms with van der Waals surface area (Å²) in [6.07, 6.45) is 2.55. The maximum atomic E-state index is 12.3. The number of carbonyl (C=O) groups is 1. The van der Waals surface area contributed by atoms with Crippen molar-refractivity contribution in [2.75, 3.05) is 18.0 Å². The zero-order chi connectivity index (χ0) is 17.1. The highest BCUT2D eigenvalue weighted by molar-refractivity contribution is 7.13. The number of nitrogens with zero attached hydrogens (tertiary/aromatic N) is 2. The smallest absolute Gasteiger partial charge is 0.272 e. The molecule has 1 amide bonds. The number of benzene rings is 1. The van der Waals surface area contributed by atoms with Gasteiger partial charge in [-0.05, 0) is 48.1 Å². The molecule has 2 N–H and O–H groups in total. The summed E-state index contributed by atoms with van der Waals surface area (Å²) in [4.78, 5) is 15.8. The first kappa shape index (κ1) is 15.9. The van der Waals surface area contributed by atoms with Crippen molar-refractivity contribution in [3.63, 3.8) is 0 Å². The third-order valence-electron chi connectivity index (χ3n) is 4.46. The zero-order valence-electron chi connectivity index (χ0n) is 13.9. The molecule has 1 saturated heterocycles. The second-order valence-electron chi connectivity index (χ2n) is 6.19. The molecule has 0 aliphatic carbocycles. The van der Waals surface area contributed by atoms with Crippen LogP contribution in [0.15, 0.2) is 47.8 Å². The van der Waals surface area contributed by atoms with Gasteiger partial charge in [-0.25, -0.2) is 0 Å². The van der Waals surface area contributed by atoms with E-state index in [1.165, 1.54) is 18.5 Å². The van der Waals surface area contributed by atoms with Gasteiger partial charge in [0.05, 0.1) is 10.6 Å². The quantitative estimate of drug-likeness (QED) is 0.736. The number of hydrogen-bond acceptors (Lipinski definition) is 4. The Morgan fingerprint density at radius 3 is 2.72 bits per heavy atom. The first-order valence-corrected chi connectivity index (χ1v) is 9.39. The van der Waals surface area contributed by atoms with Gasteiger partial charge in [0.1, 0.15) is 0 Å². The van der Waals surface area contributed by atoms with E-state index in [4.69, 9.17) is 0 Å².